The number of methoxy groups -OCH3 is 1. The summed E-state index contributed by atoms with van der Waals surface area (Å²) >= 11 is 1.80. The second-order valence-electron chi connectivity index (χ2n) is 9.21. The molecule has 0 aliphatic carbocycles. The van der Waals surface area contributed by atoms with E-state index in [2.05, 4.69) is 27.4 Å². The molecule has 4 rings (SSSR count). The Morgan fingerprint density at radius 1 is 1.29 bits per heavy atom. The van der Waals surface area contributed by atoms with E-state index in [4.69, 9.17) is 4.74 Å². The number of hydrogen-bond acceptors (Lipinski definition) is 6. The van der Waals surface area contributed by atoms with Gasteiger partial charge < -0.3 is 19.8 Å². The average molecular weight is 483 g/mol. The molecule has 182 valence electrons. The molecule has 34 heavy (non-hydrogen) atoms. The van der Waals surface area contributed by atoms with Gasteiger partial charge in [-0.2, -0.15) is 0 Å². The summed E-state index contributed by atoms with van der Waals surface area (Å²) in [6.07, 6.45) is 6.46. The monoisotopic (exact) mass is 482 g/mol. The van der Waals surface area contributed by atoms with Crippen LogP contribution in [0.5, 0.6) is 5.75 Å². The highest BCUT2D eigenvalue weighted by molar-refractivity contribution is 7.09. The Morgan fingerprint density at radius 3 is 2.94 bits per heavy atom. The first-order chi connectivity index (χ1) is 16.5. The number of aliphatic carboxylic acids is 1. The Balaban J connectivity index is 1.31. The molecule has 3 heterocycles. The van der Waals surface area contributed by atoms with Gasteiger partial charge in [-0.1, -0.05) is 6.07 Å². The van der Waals surface area contributed by atoms with E-state index in [0.29, 0.717) is 19.4 Å². The number of carbonyl (C=O) groups is 1. The van der Waals surface area contributed by atoms with Gasteiger partial charge in [-0.15, -0.1) is 11.3 Å². The highest BCUT2D eigenvalue weighted by atomic mass is 32.1. The number of hydrogen-bond donors (Lipinski definition) is 2. The number of ether oxygens (including phenoxy) is 1. The Labute approximate surface area is 205 Å². The number of fused-ring (bicyclic) bond motifs is 1. The number of aliphatic hydroxyl groups excluding tert-OH is 1. The maximum Gasteiger partial charge on any atom is 0.308 e. The van der Waals surface area contributed by atoms with E-state index < -0.39 is 12.1 Å². The average Bonchev–Trinajstić information content (AvgIpc) is 3.38. The minimum atomic E-state index is -0.720. The molecule has 7 heteroatoms. The van der Waals surface area contributed by atoms with Crippen LogP contribution in [0.1, 0.15) is 48.6 Å². The smallest absolute Gasteiger partial charge is 0.308 e. The highest BCUT2D eigenvalue weighted by Gasteiger charge is 2.34. The van der Waals surface area contributed by atoms with Crippen LogP contribution in [0.4, 0.5) is 0 Å². The molecule has 0 bridgehead atoms. The molecule has 1 aliphatic rings. The van der Waals surface area contributed by atoms with Crippen molar-refractivity contribution in [3.05, 3.63) is 58.4 Å². The van der Waals surface area contributed by atoms with E-state index in [0.717, 1.165) is 61.0 Å². The summed E-state index contributed by atoms with van der Waals surface area (Å²) in [5.41, 5.74) is 1.63. The number of likely N-dealkylation sites (tertiary alicyclic amines) is 1. The molecule has 1 aliphatic heterocycles. The summed E-state index contributed by atoms with van der Waals surface area (Å²) in [4.78, 5) is 20.2. The first-order valence-corrected chi connectivity index (χ1v) is 13.0. The minimum absolute atomic E-state index is 0.0807. The molecule has 0 unspecified atom stereocenters. The van der Waals surface area contributed by atoms with E-state index in [9.17, 15) is 15.0 Å². The topological polar surface area (TPSA) is 82.9 Å². The Hall–Kier alpha value is -2.48. The van der Waals surface area contributed by atoms with E-state index in [-0.39, 0.29) is 11.8 Å². The molecule has 1 saturated heterocycles. The maximum atomic E-state index is 12.0. The van der Waals surface area contributed by atoms with Gasteiger partial charge >= 0.3 is 5.97 Å². The molecule has 2 aromatic heterocycles. The number of benzene rings is 1. The van der Waals surface area contributed by atoms with Gasteiger partial charge in [-0.25, -0.2) is 0 Å². The van der Waals surface area contributed by atoms with Crippen LogP contribution in [0, 0.1) is 11.8 Å². The largest absolute Gasteiger partial charge is 0.497 e. The van der Waals surface area contributed by atoms with E-state index in [1.54, 1.807) is 24.6 Å². The fraction of sp³-hybridized carbons (Fsp3) is 0.481. The van der Waals surface area contributed by atoms with Crippen LogP contribution in [-0.2, 0) is 11.2 Å². The molecule has 1 aromatic carbocycles. The van der Waals surface area contributed by atoms with Crippen molar-refractivity contribution >= 4 is 28.2 Å². The predicted octanol–water partition coefficient (Wildman–Crippen LogP) is 5.16. The Morgan fingerprint density at radius 2 is 2.18 bits per heavy atom. The second kappa shape index (κ2) is 11.8. The maximum absolute atomic E-state index is 12.0. The number of unbranched alkanes of at least 4 members (excludes halogenated alkanes) is 1. The molecule has 3 atom stereocenters. The lowest BCUT2D eigenvalue weighted by atomic mass is 9.81. The molecular formula is C27H34N2O4S. The zero-order valence-corrected chi connectivity index (χ0v) is 20.5. The van der Waals surface area contributed by atoms with Crippen LogP contribution in [0.3, 0.4) is 0 Å². The summed E-state index contributed by atoms with van der Waals surface area (Å²) in [5, 5.41) is 23.9. The first kappa shape index (κ1) is 24.6. The van der Waals surface area contributed by atoms with Crippen molar-refractivity contribution in [3.8, 4) is 5.75 Å². The van der Waals surface area contributed by atoms with Crippen molar-refractivity contribution in [2.75, 3.05) is 26.7 Å². The number of aliphatic hydroxyl groups is 1. The first-order valence-electron chi connectivity index (χ1n) is 12.1. The predicted molar refractivity (Wildman–Crippen MR) is 135 cm³/mol. The van der Waals surface area contributed by atoms with Crippen LogP contribution < -0.4 is 4.74 Å². The van der Waals surface area contributed by atoms with Gasteiger partial charge in [0.1, 0.15) is 5.75 Å². The number of carboxylic acids is 1. The van der Waals surface area contributed by atoms with Crippen molar-refractivity contribution < 1.29 is 19.7 Å². The summed E-state index contributed by atoms with van der Waals surface area (Å²) in [7, 11) is 1.62. The van der Waals surface area contributed by atoms with Crippen molar-refractivity contribution in [2.45, 2.75) is 44.6 Å². The molecular weight excluding hydrogens is 448 g/mol. The third kappa shape index (κ3) is 6.14. The lowest BCUT2D eigenvalue weighted by molar-refractivity contribution is -0.146. The van der Waals surface area contributed by atoms with Crippen molar-refractivity contribution in [1.29, 1.82) is 0 Å². The molecule has 0 spiro atoms. The number of piperidine rings is 1. The Bertz CT molecular complexity index is 1070. The van der Waals surface area contributed by atoms with Gasteiger partial charge in [0.15, 0.2) is 0 Å². The van der Waals surface area contributed by atoms with Gasteiger partial charge in [0.2, 0.25) is 0 Å². The van der Waals surface area contributed by atoms with Crippen molar-refractivity contribution in [3.63, 3.8) is 0 Å². The molecule has 0 amide bonds. The number of nitrogens with zero attached hydrogens (tertiary/aromatic N) is 2. The van der Waals surface area contributed by atoms with Crippen LogP contribution in [-0.4, -0.2) is 52.8 Å². The van der Waals surface area contributed by atoms with Gasteiger partial charge in [-0.3, -0.25) is 9.78 Å². The van der Waals surface area contributed by atoms with Crippen molar-refractivity contribution in [2.24, 2.45) is 11.8 Å². The number of rotatable bonds is 11. The number of carboxylic acid groups (broad SMARTS) is 1. The molecule has 0 radical (unpaired) electrons. The fourth-order valence-electron chi connectivity index (χ4n) is 5.08. The number of thiophene rings is 1. The lowest BCUT2D eigenvalue weighted by Gasteiger charge is -2.37. The normalized spacial score (nSPS) is 19.8. The highest BCUT2D eigenvalue weighted by Crippen LogP contribution is 2.33. The van der Waals surface area contributed by atoms with E-state index in [1.165, 1.54) is 4.88 Å². The summed E-state index contributed by atoms with van der Waals surface area (Å²) < 4.78 is 5.34. The molecule has 1 fully saturated rings. The summed E-state index contributed by atoms with van der Waals surface area (Å²) in [6.45, 7) is 2.48. The van der Waals surface area contributed by atoms with E-state index in [1.807, 2.05) is 24.3 Å². The number of aromatic nitrogens is 1. The zero-order valence-electron chi connectivity index (χ0n) is 19.7. The van der Waals surface area contributed by atoms with Crippen LogP contribution in [0.25, 0.3) is 10.9 Å². The van der Waals surface area contributed by atoms with Crippen molar-refractivity contribution in [1.82, 2.24) is 9.88 Å². The number of aryl methyl sites for hydroxylation is 1. The van der Waals surface area contributed by atoms with Crippen LogP contribution >= 0.6 is 11.3 Å². The molecule has 0 saturated carbocycles. The third-order valence-electron chi connectivity index (χ3n) is 7.04. The van der Waals surface area contributed by atoms with Crippen LogP contribution in [0.15, 0.2) is 48.0 Å². The zero-order chi connectivity index (χ0) is 23.9. The van der Waals surface area contributed by atoms with E-state index >= 15 is 0 Å². The summed E-state index contributed by atoms with van der Waals surface area (Å²) in [5.74, 6) is -0.297. The standard InChI is InChI=1S/C27H34N2O4S/c1-33-20-8-9-25-23(17-20)22(11-13-28-25)26(30)10-7-19-12-15-29(18-24(19)27(31)32)14-3-2-5-21-6-4-16-34-21/h4,6,8-9,11,13,16-17,19,24,26,30H,2-3,5,7,10,12,14-15,18H2,1H3,(H,31,32)/t19-,24+,26-/m1/s1. The number of pyridine rings is 1. The van der Waals surface area contributed by atoms with Crippen LogP contribution in [0.2, 0.25) is 0 Å². The van der Waals surface area contributed by atoms with Gasteiger partial charge in [0.05, 0.1) is 24.6 Å². The summed E-state index contributed by atoms with van der Waals surface area (Å²) in [6, 6.07) is 11.8. The van der Waals surface area contributed by atoms with Gasteiger partial charge in [0.25, 0.3) is 0 Å². The molecule has 6 nitrogen and oxygen atoms in total. The minimum Gasteiger partial charge on any atom is -0.497 e. The fourth-order valence-corrected chi connectivity index (χ4v) is 5.83. The van der Waals surface area contributed by atoms with Gasteiger partial charge in [-0.05, 0) is 98.8 Å². The molecule has 3 aromatic rings. The quantitative estimate of drug-likeness (QED) is 0.367. The SMILES string of the molecule is COc1ccc2nccc([C@H](O)CC[C@@H]3CCN(CCCCc4cccs4)C[C@@H]3C(=O)O)c2c1. The Kier molecular flexibility index (Phi) is 8.53. The second-order valence-corrected chi connectivity index (χ2v) is 10.2. The third-order valence-corrected chi connectivity index (χ3v) is 7.97. The van der Waals surface area contributed by atoms with Gasteiger partial charge in [0, 0.05) is 23.0 Å². The molecule has 2 N–H and O–H groups in total. The lowest BCUT2D eigenvalue weighted by Crippen LogP contribution is -2.44.